The number of fused-ring (bicyclic) bond motifs is 2. The highest BCUT2D eigenvalue weighted by molar-refractivity contribution is 6.15. The third-order valence-corrected chi connectivity index (χ3v) is 5.54. The van der Waals surface area contributed by atoms with Crippen molar-refractivity contribution in [3.8, 4) is 0 Å². The van der Waals surface area contributed by atoms with Crippen LogP contribution >= 0.6 is 0 Å². The topological polar surface area (TPSA) is 63.2 Å². The van der Waals surface area contributed by atoms with E-state index in [2.05, 4.69) is 5.32 Å². The summed E-state index contributed by atoms with van der Waals surface area (Å²) in [5.74, 6) is 0.184. The lowest BCUT2D eigenvalue weighted by Gasteiger charge is -2.32. The number of benzene rings is 1. The molecule has 2 bridgehead atoms. The summed E-state index contributed by atoms with van der Waals surface area (Å²) < 4.78 is 0. The summed E-state index contributed by atoms with van der Waals surface area (Å²) in [5.41, 5.74) is -0.0119. The molecule has 2 atom stereocenters. The molecule has 0 saturated heterocycles. The van der Waals surface area contributed by atoms with E-state index in [1.807, 2.05) is 13.8 Å². The first-order valence-electron chi connectivity index (χ1n) is 7.75. The van der Waals surface area contributed by atoms with Crippen molar-refractivity contribution in [1.82, 2.24) is 0 Å². The van der Waals surface area contributed by atoms with Crippen molar-refractivity contribution in [3.63, 3.8) is 0 Å². The maximum absolute atomic E-state index is 12.7. The highest BCUT2D eigenvalue weighted by Crippen LogP contribution is 2.60. The molecule has 0 aliphatic heterocycles. The zero-order valence-corrected chi connectivity index (χ0v) is 13.2. The molecule has 2 aliphatic rings. The number of hydrogen-bond donors (Lipinski definition) is 1. The first-order valence-corrected chi connectivity index (χ1v) is 7.75. The Balaban J connectivity index is 1.80. The molecule has 0 radical (unpaired) electrons. The second-order valence-electron chi connectivity index (χ2n) is 7.16. The number of Topliss-reactive ketones (excluding diaryl/α,β-unsaturated/α-hetero) is 2. The standard InChI is InChI=1S/C18H21NO3/c1-11(20)12-4-6-14(7-5-12)19-16(22)18-9-8-13(10-18)17(2,3)15(18)21/h4-7,13H,8-10H2,1-3H3,(H,19,22)/t13-,18+/m0/s1. The minimum atomic E-state index is -0.854. The van der Waals surface area contributed by atoms with Crippen LogP contribution in [-0.2, 0) is 9.59 Å². The molecule has 1 N–H and O–H groups in total. The molecule has 3 rings (SSSR count). The molecule has 2 fully saturated rings. The molecule has 2 saturated carbocycles. The molecule has 4 nitrogen and oxygen atoms in total. The van der Waals surface area contributed by atoms with Crippen LogP contribution in [0.25, 0.3) is 0 Å². The van der Waals surface area contributed by atoms with Crippen LogP contribution in [-0.4, -0.2) is 17.5 Å². The van der Waals surface area contributed by atoms with Crippen molar-refractivity contribution in [2.45, 2.75) is 40.0 Å². The van der Waals surface area contributed by atoms with Gasteiger partial charge in [-0.15, -0.1) is 0 Å². The van der Waals surface area contributed by atoms with Gasteiger partial charge in [-0.2, -0.15) is 0 Å². The Morgan fingerprint density at radius 2 is 1.82 bits per heavy atom. The average Bonchev–Trinajstić information content (AvgIpc) is 3.00. The summed E-state index contributed by atoms with van der Waals surface area (Å²) in [6.07, 6.45) is 2.25. The summed E-state index contributed by atoms with van der Waals surface area (Å²) in [6.45, 7) is 5.41. The highest BCUT2D eigenvalue weighted by Gasteiger charge is 2.64. The van der Waals surface area contributed by atoms with Gasteiger partial charge in [0.05, 0.1) is 0 Å². The molecule has 1 aromatic rings. The predicted octanol–water partition coefficient (Wildman–Crippen LogP) is 3.22. The summed E-state index contributed by atoms with van der Waals surface area (Å²) in [6, 6.07) is 6.80. The first-order chi connectivity index (χ1) is 10.3. The van der Waals surface area contributed by atoms with E-state index in [1.165, 1.54) is 6.92 Å². The maximum Gasteiger partial charge on any atom is 0.238 e. The number of hydrogen-bond acceptors (Lipinski definition) is 3. The van der Waals surface area contributed by atoms with Gasteiger partial charge in [0.1, 0.15) is 5.41 Å². The summed E-state index contributed by atoms with van der Waals surface area (Å²) in [4.78, 5) is 36.7. The van der Waals surface area contributed by atoms with Crippen LogP contribution in [0.3, 0.4) is 0 Å². The summed E-state index contributed by atoms with van der Waals surface area (Å²) >= 11 is 0. The Morgan fingerprint density at radius 3 is 2.32 bits per heavy atom. The molecule has 1 amide bonds. The van der Waals surface area contributed by atoms with Crippen LogP contribution in [0.5, 0.6) is 0 Å². The van der Waals surface area contributed by atoms with Gasteiger partial charge in [-0.1, -0.05) is 13.8 Å². The minimum Gasteiger partial charge on any atom is -0.325 e. The van der Waals surface area contributed by atoms with Crippen LogP contribution in [0.15, 0.2) is 24.3 Å². The van der Waals surface area contributed by atoms with Gasteiger partial charge >= 0.3 is 0 Å². The lowest BCUT2D eigenvalue weighted by molar-refractivity contribution is -0.142. The van der Waals surface area contributed by atoms with Gasteiger partial charge in [0.15, 0.2) is 11.6 Å². The monoisotopic (exact) mass is 299 g/mol. The molecule has 1 aromatic carbocycles. The molecule has 0 spiro atoms. The Morgan fingerprint density at radius 1 is 1.18 bits per heavy atom. The molecule has 22 heavy (non-hydrogen) atoms. The first kappa shape index (κ1) is 14.9. The van der Waals surface area contributed by atoms with Crippen LogP contribution in [0, 0.1) is 16.7 Å². The molecule has 0 aromatic heterocycles. The Kier molecular flexibility index (Phi) is 3.24. The number of rotatable bonds is 3. The highest BCUT2D eigenvalue weighted by atomic mass is 16.2. The lowest BCUT2D eigenvalue weighted by atomic mass is 9.70. The maximum atomic E-state index is 12.7. The van der Waals surface area contributed by atoms with Crippen LogP contribution in [0.4, 0.5) is 5.69 Å². The largest absolute Gasteiger partial charge is 0.325 e. The van der Waals surface area contributed by atoms with Crippen molar-refractivity contribution in [2.75, 3.05) is 5.32 Å². The Bertz CT molecular complexity index is 659. The second kappa shape index (κ2) is 4.77. The minimum absolute atomic E-state index is 0.0113. The molecule has 4 heteroatoms. The van der Waals surface area contributed by atoms with Crippen LogP contribution in [0.2, 0.25) is 0 Å². The lowest BCUT2D eigenvalue weighted by Crippen LogP contribution is -2.44. The Labute approximate surface area is 130 Å². The molecule has 0 unspecified atom stereocenters. The van der Waals surface area contributed by atoms with Gasteiger partial charge in [0.25, 0.3) is 0 Å². The van der Waals surface area contributed by atoms with Gasteiger partial charge in [0, 0.05) is 16.7 Å². The SMILES string of the molecule is CC(=O)c1ccc(NC(=O)[C@]23CC[C@@H](C2)C(C)(C)C3=O)cc1. The zero-order chi connectivity index (χ0) is 16.1. The van der Waals surface area contributed by atoms with Gasteiger partial charge in [-0.3, -0.25) is 14.4 Å². The van der Waals surface area contributed by atoms with E-state index in [0.717, 1.165) is 6.42 Å². The fourth-order valence-electron chi connectivity index (χ4n) is 4.02. The quantitative estimate of drug-likeness (QED) is 0.688. The molecule has 0 heterocycles. The van der Waals surface area contributed by atoms with E-state index in [-0.39, 0.29) is 17.5 Å². The van der Waals surface area contributed by atoms with Crippen LogP contribution in [0.1, 0.15) is 50.4 Å². The number of nitrogens with one attached hydrogen (secondary N) is 1. The van der Waals surface area contributed by atoms with Crippen molar-refractivity contribution >= 4 is 23.2 Å². The molecule has 116 valence electrons. The fraction of sp³-hybridized carbons (Fsp3) is 0.500. The van der Waals surface area contributed by atoms with E-state index in [4.69, 9.17) is 0 Å². The van der Waals surface area contributed by atoms with Crippen molar-refractivity contribution < 1.29 is 14.4 Å². The van der Waals surface area contributed by atoms with Crippen molar-refractivity contribution in [1.29, 1.82) is 0 Å². The third-order valence-electron chi connectivity index (χ3n) is 5.54. The molecular weight excluding hydrogens is 278 g/mol. The van der Waals surface area contributed by atoms with E-state index in [0.29, 0.717) is 30.0 Å². The number of carbonyl (C=O) groups is 3. The fourth-order valence-corrected chi connectivity index (χ4v) is 4.02. The van der Waals surface area contributed by atoms with E-state index < -0.39 is 10.8 Å². The van der Waals surface area contributed by atoms with Gasteiger partial charge in [-0.25, -0.2) is 0 Å². The molecular formula is C18H21NO3. The van der Waals surface area contributed by atoms with Crippen molar-refractivity contribution in [3.05, 3.63) is 29.8 Å². The normalized spacial score (nSPS) is 28.7. The van der Waals surface area contributed by atoms with Gasteiger partial charge in [0.2, 0.25) is 5.91 Å². The van der Waals surface area contributed by atoms with Crippen LogP contribution < -0.4 is 5.32 Å². The predicted molar refractivity (Wildman–Crippen MR) is 83.6 cm³/mol. The third kappa shape index (κ3) is 2.01. The van der Waals surface area contributed by atoms with E-state index in [9.17, 15) is 14.4 Å². The van der Waals surface area contributed by atoms with Crippen molar-refractivity contribution in [2.24, 2.45) is 16.7 Å². The second-order valence-corrected chi connectivity index (χ2v) is 7.16. The summed E-state index contributed by atoms with van der Waals surface area (Å²) in [7, 11) is 0. The van der Waals surface area contributed by atoms with Gasteiger partial charge < -0.3 is 5.32 Å². The van der Waals surface area contributed by atoms with E-state index in [1.54, 1.807) is 24.3 Å². The van der Waals surface area contributed by atoms with Gasteiger partial charge in [-0.05, 0) is 56.4 Å². The van der Waals surface area contributed by atoms with E-state index >= 15 is 0 Å². The zero-order valence-electron chi connectivity index (χ0n) is 13.2. The number of anilines is 1. The number of carbonyl (C=O) groups excluding carboxylic acids is 3. The molecule has 2 aliphatic carbocycles. The Hall–Kier alpha value is -1.97. The summed E-state index contributed by atoms with van der Waals surface area (Å²) in [5, 5.41) is 2.87. The number of amides is 1. The smallest absolute Gasteiger partial charge is 0.238 e. The average molecular weight is 299 g/mol. The number of ketones is 2.